The third kappa shape index (κ3) is 3.54. The Bertz CT molecular complexity index is 199. The summed E-state index contributed by atoms with van der Waals surface area (Å²) in [6.45, 7) is 7.79. The van der Waals surface area contributed by atoms with Gasteiger partial charge in [-0.2, -0.15) is 0 Å². The van der Waals surface area contributed by atoms with Crippen LogP contribution < -0.4 is 5.73 Å². The summed E-state index contributed by atoms with van der Waals surface area (Å²) in [7, 11) is 0. The van der Waals surface area contributed by atoms with E-state index in [2.05, 4.69) is 25.7 Å². The molecule has 1 fully saturated rings. The van der Waals surface area contributed by atoms with Crippen LogP contribution in [0.1, 0.15) is 40.0 Å². The van der Waals surface area contributed by atoms with Crippen LogP contribution in [0, 0.1) is 5.92 Å². The zero-order valence-electron chi connectivity index (χ0n) is 9.49. The SMILES string of the molecule is CC(C)CCN(C1CC1)C(C)C(N)=S. The Hall–Kier alpha value is -0.150. The van der Waals surface area contributed by atoms with Gasteiger partial charge >= 0.3 is 0 Å². The fourth-order valence-electron chi connectivity index (χ4n) is 1.67. The van der Waals surface area contributed by atoms with E-state index >= 15 is 0 Å². The van der Waals surface area contributed by atoms with E-state index in [1.54, 1.807) is 0 Å². The van der Waals surface area contributed by atoms with Crippen molar-refractivity contribution >= 4 is 17.2 Å². The van der Waals surface area contributed by atoms with Crippen LogP contribution in [0.5, 0.6) is 0 Å². The lowest BCUT2D eigenvalue weighted by Gasteiger charge is -2.28. The molecule has 0 saturated heterocycles. The molecule has 0 aromatic rings. The van der Waals surface area contributed by atoms with Gasteiger partial charge in [-0.15, -0.1) is 0 Å². The van der Waals surface area contributed by atoms with Gasteiger partial charge in [0.05, 0.1) is 11.0 Å². The van der Waals surface area contributed by atoms with Gasteiger partial charge in [-0.25, -0.2) is 0 Å². The standard InChI is InChI=1S/C11H22N2S/c1-8(2)6-7-13(10-4-5-10)9(3)11(12)14/h8-10H,4-7H2,1-3H3,(H2,12,14). The molecule has 0 bridgehead atoms. The number of hydrogen-bond donors (Lipinski definition) is 1. The molecule has 0 spiro atoms. The zero-order chi connectivity index (χ0) is 10.7. The summed E-state index contributed by atoms with van der Waals surface area (Å²) in [6.07, 6.45) is 3.89. The van der Waals surface area contributed by atoms with Crippen LogP contribution in [-0.2, 0) is 0 Å². The highest BCUT2D eigenvalue weighted by atomic mass is 32.1. The summed E-state index contributed by atoms with van der Waals surface area (Å²) in [5.74, 6) is 0.759. The summed E-state index contributed by atoms with van der Waals surface area (Å²) in [6, 6.07) is 1.03. The van der Waals surface area contributed by atoms with Gasteiger partial charge in [0.1, 0.15) is 0 Å². The Morgan fingerprint density at radius 2 is 2.00 bits per heavy atom. The van der Waals surface area contributed by atoms with Crippen molar-refractivity contribution in [2.75, 3.05) is 6.54 Å². The highest BCUT2D eigenvalue weighted by Crippen LogP contribution is 2.29. The van der Waals surface area contributed by atoms with Crippen LogP contribution in [0.25, 0.3) is 0 Å². The molecule has 1 atom stereocenters. The minimum Gasteiger partial charge on any atom is -0.392 e. The predicted octanol–water partition coefficient (Wildman–Crippen LogP) is 2.17. The normalized spacial score (nSPS) is 18.9. The Morgan fingerprint density at radius 3 is 2.36 bits per heavy atom. The smallest absolute Gasteiger partial charge is 0.0899 e. The van der Waals surface area contributed by atoms with Gasteiger partial charge in [0.2, 0.25) is 0 Å². The summed E-state index contributed by atoms with van der Waals surface area (Å²) in [5, 5.41) is 0. The molecule has 3 heteroatoms. The van der Waals surface area contributed by atoms with Gasteiger partial charge in [0.15, 0.2) is 0 Å². The molecule has 1 saturated carbocycles. The molecule has 0 aromatic carbocycles. The van der Waals surface area contributed by atoms with Gasteiger partial charge in [-0.05, 0) is 38.6 Å². The molecule has 1 unspecified atom stereocenters. The number of rotatable bonds is 6. The van der Waals surface area contributed by atoms with E-state index in [9.17, 15) is 0 Å². The Balaban J connectivity index is 2.42. The first-order valence-corrected chi connectivity index (χ1v) is 5.98. The van der Waals surface area contributed by atoms with Gasteiger partial charge in [0, 0.05) is 6.04 Å². The Labute approximate surface area is 92.8 Å². The molecule has 0 radical (unpaired) electrons. The fourth-order valence-corrected chi connectivity index (χ4v) is 1.80. The maximum atomic E-state index is 5.70. The predicted molar refractivity (Wildman–Crippen MR) is 65.4 cm³/mol. The topological polar surface area (TPSA) is 29.3 Å². The molecular formula is C11H22N2S. The molecule has 2 nitrogen and oxygen atoms in total. The number of thiocarbonyl (C=S) groups is 1. The minimum absolute atomic E-state index is 0.274. The average Bonchev–Trinajstić information content (AvgIpc) is 2.87. The second kappa shape index (κ2) is 5.08. The van der Waals surface area contributed by atoms with E-state index in [0.29, 0.717) is 4.99 Å². The number of nitrogens with zero attached hydrogens (tertiary/aromatic N) is 1. The van der Waals surface area contributed by atoms with Crippen LogP contribution in [0.4, 0.5) is 0 Å². The van der Waals surface area contributed by atoms with E-state index in [1.807, 2.05) is 0 Å². The molecule has 82 valence electrons. The van der Waals surface area contributed by atoms with Crippen LogP contribution in [0.15, 0.2) is 0 Å². The molecule has 0 amide bonds. The van der Waals surface area contributed by atoms with Crippen LogP contribution >= 0.6 is 12.2 Å². The maximum absolute atomic E-state index is 5.70. The second-order valence-corrected chi connectivity index (χ2v) is 5.20. The summed E-state index contributed by atoms with van der Waals surface area (Å²) < 4.78 is 0. The molecule has 1 aliphatic rings. The van der Waals surface area contributed by atoms with Crippen molar-refractivity contribution in [3.8, 4) is 0 Å². The highest BCUT2D eigenvalue weighted by molar-refractivity contribution is 7.80. The van der Waals surface area contributed by atoms with E-state index in [4.69, 9.17) is 18.0 Å². The van der Waals surface area contributed by atoms with E-state index in [0.717, 1.165) is 18.5 Å². The largest absolute Gasteiger partial charge is 0.392 e. The number of hydrogen-bond acceptors (Lipinski definition) is 2. The highest BCUT2D eigenvalue weighted by Gasteiger charge is 2.32. The first-order chi connectivity index (χ1) is 6.52. The molecule has 1 rings (SSSR count). The first kappa shape index (κ1) is 11.9. The molecular weight excluding hydrogens is 192 g/mol. The number of nitrogens with two attached hydrogens (primary N) is 1. The lowest BCUT2D eigenvalue weighted by Crippen LogP contribution is -2.43. The lowest BCUT2D eigenvalue weighted by atomic mass is 10.1. The van der Waals surface area contributed by atoms with Gasteiger partial charge < -0.3 is 5.73 Å². The van der Waals surface area contributed by atoms with Crippen molar-refractivity contribution < 1.29 is 0 Å². The molecule has 0 aliphatic heterocycles. The van der Waals surface area contributed by atoms with Crippen molar-refractivity contribution in [3.63, 3.8) is 0 Å². The average molecular weight is 214 g/mol. The quantitative estimate of drug-likeness (QED) is 0.687. The van der Waals surface area contributed by atoms with E-state index < -0.39 is 0 Å². The molecule has 1 aliphatic carbocycles. The zero-order valence-corrected chi connectivity index (χ0v) is 10.3. The first-order valence-electron chi connectivity index (χ1n) is 5.57. The van der Waals surface area contributed by atoms with Crippen molar-refractivity contribution in [1.82, 2.24) is 4.90 Å². The van der Waals surface area contributed by atoms with E-state index in [-0.39, 0.29) is 6.04 Å². The fraction of sp³-hybridized carbons (Fsp3) is 0.909. The van der Waals surface area contributed by atoms with Crippen LogP contribution in [0.3, 0.4) is 0 Å². The van der Waals surface area contributed by atoms with Crippen LogP contribution in [-0.4, -0.2) is 28.5 Å². The van der Waals surface area contributed by atoms with Crippen molar-refractivity contribution in [3.05, 3.63) is 0 Å². The monoisotopic (exact) mass is 214 g/mol. The van der Waals surface area contributed by atoms with Crippen LogP contribution in [0.2, 0.25) is 0 Å². The molecule has 0 heterocycles. The van der Waals surface area contributed by atoms with Crippen molar-refractivity contribution in [2.24, 2.45) is 11.7 Å². The van der Waals surface area contributed by atoms with Gasteiger partial charge in [0.25, 0.3) is 0 Å². The lowest BCUT2D eigenvalue weighted by molar-refractivity contribution is 0.229. The van der Waals surface area contributed by atoms with E-state index in [1.165, 1.54) is 19.3 Å². The third-order valence-electron chi connectivity index (χ3n) is 2.89. The summed E-state index contributed by atoms with van der Waals surface area (Å²) in [5.41, 5.74) is 5.70. The van der Waals surface area contributed by atoms with Crippen molar-refractivity contribution in [1.29, 1.82) is 0 Å². The summed E-state index contributed by atoms with van der Waals surface area (Å²) >= 11 is 5.06. The van der Waals surface area contributed by atoms with Gasteiger partial charge in [-0.3, -0.25) is 4.90 Å². The molecule has 14 heavy (non-hydrogen) atoms. The maximum Gasteiger partial charge on any atom is 0.0899 e. The molecule has 0 aromatic heterocycles. The Morgan fingerprint density at radius 1 is 1.43 bits per heavy atom. The third-order valence-corrected chi connectivity index (χ3v) is 3.23. The Kier molecular flexibility index (Phi) is 4.32. The minimum atomic E-state index is 0.274. The van der Waals surface area contributed by atoms with Gasteiger partial charge in [-0.1, -0.05) is 26.1 Å². The van der Waals surface area contributed by atoms with Crippen molar-refractivity contribution in [2.45, 2.75) is 52.1 Å². The second-order valence-electron chi connectivity index (χ2n) is 4.73. The summed E-state index contributed by atoms with van der Waals surface area (Å²) in [4.78, 5) is 3.11. The molecule has 2 N–H and O–H groups in total.